The second-order valence-corrected chi connectivity index (χ2v) is 5.85. The van der Waals surface area contributed by atoms with Gasteiger partial charge in [0.1, 0.15) is 11.9 Å². The molecule has 1 aliphatic rings. The minimum atomic E-state index is -0.502. The predicted molar refractivity (Wildman–Crippen MR) is 86.9 cm³/mol. The summed E-state index contributed by atoms with van der Waals surface area (Å²) in [5, 5.41) is 5.47. The van der Waals surface area contributed by atoms with Crippen molar-refractivity contribution in [1.29, 1.82) is 0 Å². The monoisotopic (exact) mass is 327 g/mol. The van der Waals surface area contributed by atoms with E-state index in [9.17, 15) is 14.0 Å². The Morgan fingerprint density at radius 1 is 1.29 bits per heavy atom. The van der Waals surface area contributed by atoms with Crippen LogP contribution in [0, 0.1) is 5.82 Å². The van der Waals surface area contributed by atoms with E-state index in [0.29, 0.717) is 24.9 Å². The van der Waals surface area contributed by atoms with Crippen molar-refractivity contribution in [2.75, 3.05) is 6.54 Å². The van der Waals surface area contributed by atoms with Gasteiger partial charge in [0.05, 0.1) is 5.56 Å². The van der Waals surface area contributed by atoms with Crippen molar-refractivity contribution < 1.29 is 14.0 Å². The molecule has 1 atom stereocenters. The van der Waals surface area contributed by atoms with E-state index in [1.807, 2.05) is 6.07 Å². The number of hydrogen-bond acceptors (Lipinski definition) is 3. The number of nitrogens with zero attached hydrogens (tertiary/aromatic N) is 1. The fourth-order valence-corrected chi connectivity index (χ4v) is 2.74. The van der Waals surface area contributed by atoms with Crippen molar-refractivity contribution in [2.45, 2.75) is 25.3 Å². The van der Waals surface area contributed by atoms with Crippen LogP contribution in [-0.4, -0.2) is 29.4 Å². The summed E-state index contributed by atoms with van der Waals surface area (Å²) in [7, 11) is 0. The third-order valence-corrected chi connectivity index (χ3v) is 3.94. The van der Waals surface area contributed by atoms with Crippen LogP contribution >= 0.6 is 0 Å². The van der Waals surface area contributed by atoms with Crippen molar-refractivity contribution in [3.8, 4) is 0 Å². The second-order valence-electron chi connectivity index (χ2n) is 5.85. The van der Waals surface area contributed by atoms with Gasteiger partial charge in [-0.25, -0.2) is 4.39 Å². The van der Waals surface area contributed by atoms with E-state index in [-0.39, 0.29) is 17.6 Å². The van der Waals surface area contributed by atoms with E-state index in [0.717, 1.165) is 17.5 Å². The number of hydrogen-bond donors (Lipinski definition) is 2. The first kappa shape index (κ1) is 16.1. The summed E-state index contributed by atoms with van der Waals surface area (Å²) in [6.07, 6.45) is 5.07. The fourth-order valence-electron chi connectivity index (χ4n) is 2.74. The minimum Gasteiger partial charge on any atom is -0.354 e. The van der Waals surface area contributed by atoms with Gasteiger partial charge in [0.25, 0.3) is 5.91 Å². The van der Waals surface area contributed by atoms with Gasteiger partial charge in [-0.2, -0.15) is 0 Å². The standard InChI is InChI=1S/C18H18FN3O2/c19-15-4-1-3-12(9-15)7-13-8-14(11-20-10-13)17(23)22-16-5-2-6-21-18(16)24/h1,3-4,8-11,16H,2,5-7H2,(H,21,24)(H,22,23)/t16-/m0/s1. The highest BCUT2D eigenvalue weighted by Crippen LogP contribution is 2.12. The Hall–Kier alpha value is -2.76. The molecule has 0 aliphatic carbocycles. The van der Waals surface area contributed by atoms with Crippen molar-refractivity contribution in [2.24, 2.45) is 0 Å². The number of carbonyl (C=O) groups excluding carboxylic acids is 2. The van der Waals surface area contributed by atoms with E-state index < -0.39 is 6.04 Å². The van der Waals surface area contributed by atoms with Gasteiger partial charge in [-0.15, -0.1) is 0 Å². The molecule has 2 aromatic rings. The first-order chi connectivity index (χ1) is 11.6. The Morgan fingerprint density at radius 2 is 2.17 bits per heavy atom. The Bertz CT molecular complexity index is 763. The molecule has 1 aromatic heterocycles. The molecule has 1 aliphatic heterocycles. The van der Waals surface area contributed by atoms with Crippen LogP contribution in [0.25, 0.3) is 0 Å². The Labute approximate surface area is 139 Å². The molecule has 1 saturated heterocycles. The van der Waals surface area contributed by atoms with Gasteiger partial charge in [0.2, 0.25) is 5.91 Å². The topological polar surface area (TPSA) is 71.1 Å². The van der Waals surface area contributed by atoms with Gasteiger partial charge >= 0.3 is 0 Å². The van der Waals surface area contributed by atoms with Crippen LogP contribution in [0.15, 0.2) is 42.7 Å². The summed E-state index contributed by atoms with van der Waals surface area (Å²) in [4.78, 5) is 28.1. The van der Waals surface area contributed by atoms with Gasteiger partial charge in [-0.05, 0) is 48.6 Å². The van der Waals surface area contributed by atoms with Crippen LogP contribution in [0.3, 0.4) is 0 Å². The summed E-state index contributed by atoms with van der Waals surface area (Å²) >= 11 is 0. The van der Waals surface area contributed by atoms with Gasteiger partial charge in [0.15, 0.2) is 0 Å². The molecule has 5 nitrogen and oxygen atoms in total. The van der Waals surface area contributed by atoms with Crippen LogP contribution < -0.4 is 10.6 Å². The Kier molecular flexibility index (Phi) is 4.84. The van der Waals surface area contributed by atoms with Crippen LogP contribution in [-0.2, 0) is 11.2 Å². The van der Waals surface area contributed by atoms with E-state index in [1.54, 1.807) is 18.3 Å². The average Bonchev–Trinajstić information content (AvgIpc) is 2.57. The third-order valence-electron chi connectivity index (χ3n) is 3.94. The number of aromatic nitrogens is 1. The summed E-state index contributed by atoms with van der Waals surface area (Å²) in [5.74, 6) is -0.776. The van der Waals surface area contributed by atoms with Gasteiger partial charge < -0.3 is 10.6 Å². The van der Waals surface area contributed by atoms with E-state index in [2.05, 4.69) is 15.6 Å². The highest BCUT2D eigenvalue weighted by molar-refractivity contribution is 5.97. The largest absolute Gasteiger partial charge is 0.354 e. The molecule has 2 amide bonds. The maximum Gasteiger partial charge on any atom is 0.253 e. The Morgan fingerprint density at radius 3 is 2.96 bits per heavy atom. The molecule has 3 rings (SSSR count). The van der Waals surface area contributed by atoms with Crippen LogP contribution in [0.1, 0.15) is 34.3 Å². The predicted octanol–water partition coefficient (Wildman–Crippen LogP) is 1.82. The third kappa shape index (κ3) is 3.95. The molecule has 0 bridgehead atoms. The molecule has 6 heteroatoms. The number of halogens is 1. The van der Waals surface area contributed by atoms with Gasteiger partial charge in [-0.1, -0.05) is 12.1 Å². The summed E-state index contributed by atoms with van der Waals surface area (Å²) in [6.45, 7) is 0.649. The lowest BCUT2D eigenvalue weighted by molar-refractivity contribution is -0.124. The normalized spacial score (nSPS) is 17.2. The molecule has 0 spiro atoms. The SMILES string of the molecule is O=C(N[C@H]1CCCNC1=O)c1cncc(Cc2cccc(F)c2)c1. The molecule has 0 saturated carbocycles. The quantitative estimate of drug-likeness (QED) is 0.900. The van der Waals surface area contributed by atoms with Crippen molar-refractivity contribution in [3.63, 3.8) is 0 Å². The number of nitrogens with one attached hydrogen (secondary N) is 2. The van der Waals surface area contributed by atoms with Crippen molar-refractivity contribution in [1.82, 2.24) is 15.6 Å². The van der Waals surface area contributed by atoms with E-state index in [1.165, 1.54) is 18.3 Å². The van der Waals surface area contributed by atoms with E-state index in [4.69, 9.17) is 0 Å². The molecule has 24 heavy (non-hydrogen) atoms. The minimum absolute atomic E-state index is 0.154. The van der Waals surface area contributed by atoms with E-state index >= 15 is 0 Å². The summed E-state index contributed by atoms with van der Waals surface area (Å²) in [6, 6.07) is 7.53. The molecule has 2 N–H and O–H groups in total. The molecule has 2 heterocycles. The summed E-state index contributed by atoms with van der Waals surface area (Å²) in [5.41, 5.74) is 2.00. The Balaban J connectivity index is 1.70. The summed E-state index contributed by atoms with van der Waals surface area (Å²) < 4.78 is 13.3. The lowest BCUT2D eigenvalue weighted by Gasteiger charge is -2.22. The lowest BCUT2D eigenvalue weighted by Crippen LogP contribution is -2.50. The lowest BCUT2D eigenvalue weighted by atomic mass is 10.0. The molecule has 0 radical (unpaired) electrons. The van der Waals surface area contributed by atoms with Gasteiger partial charge in [-0.3, -0.25) is 14.6 Å². The zero-order valence-corrected chi connectivity index (χ0v) is 13.1. The molecular formula is C18H18FN3O2. The highest BCUT2D eigenvalue weighted by atomic mass is 19.1. The number of rotatable bonds is 4. The van der Waals surface area contributed by atoms with Crippen LogP contribution in [0.4, 0.5) is 4.39 Å². The number of piperidine rings is 1. The maximum absolute atomic E-state index is 13.3. The van der Waals surface area contributed by atoms with Crippen molar-refractivity contribution >= 4 is 11.8 Å². The van der Waals surface area contributed by atoms with Crippen molar-refractivity contribution in [3.05, 3.63) is 65.2 Å². The first-order valence-corrected chi connectivity index (χ1v) is 7.89. The average molecular weight is 327 g/mol. The molecule has 1 aromatic carbocycles. The molecular weight excluding hydrogens is 309 g/mol. The van der Waals surface area contributed by atoms with Crippen LogP contribution in [0.2, 0.25) is 0 Å². The van der Waals surface area contributed by atoms with Gasteiger partial charge in [0, 0.05) is 18.9 Å². The zero-order valence-electron chi connectivity index (χ0n) is 13.1. The molecule has 1 fully saturated rings. The fraction of sp³-hybridized carbons (Fsp3) is 0.278. The van der Waals surface area contributed by atoms with Crippen LogP contribution in [0.5, 0.6) is 0 Å². The highest BCUT2D eigenvalue weighted by Gasteiger charge is 2.24. The maximum atomic E-state index is 13.3. The smallest absolute Gasteiger partial charge is 0.253 e. The number of carbonyl (C=O) groups is 2. The first-order valence-electron chi connectivity index (χ1n) is 7.89. The number of pyridine rings is 1. The zero-order chi connectivity index (χ0) is 16.9. The molecule has 0 unspecified atom stereocenters. The number of amides is 2. The second kappa shape index (κ2) is 7.21. The number of benzene rings is 1. The molecule has 124 valence electrons.